The lowest BCUT2D eigenvalue weighted by Gasteiger charge is -2.25. The molecule has 1 N–H and O–H groups in total. The second-order valence-corrected chi connectivity index (χ2v) is 5.96. The quantitative estimate of drug-likeness (QED) is 0.397. The summed E-state index contributed by atoms with van der Waals surface area (Å²) in [5.41, 5.74) is 1.04. The molecule has 0 saturated carbocycles. The second-order valence-electron chi connectivity index (χ2n) is 5.96. The van der Waals surface area contributed by atoms with Crippen molar-refractivity contribution in [3.05, 3.63) is 11.6 Å². The van der Waals surface area contributed by atoms with Crippen LogP contribution in [-0.2, 0) is 14.3 Å². The number of carbonyl (C=O) groups excluding carboxylic acids is 1. The van der Waals surface area contributed by atoms with E-state index in [9.17, 15) is 14.7 Å². The number of rotatable bonds is 9. The maximum Gasteiger partial charge on any atom is 0.311 e. The summed E-state index contributed by atoms with van der Waals surface area (Å²) in [4.78, 5) is 23.3. The molecule has 0 bridgehead atoms. The predicted molar refractivity (Wildman–Crippen MR) is 81.9 cm³/mol. The molecule has 1 rings (SSSR count). The Balaban J connectivity index is 2.29. The van der Waals surface area contributed by atoms with Crippen molar-refractivity contribution in [2.45, 2.75) is 65.2 Å². The zero-order chi connectivity index (χ0) is 15.7. The molecule has 0 aliphatic heterocycles. The van der Waals surface area contributed by atoms with Gasteiger partial charge in [-0.3, -0.25) is 9.59 Å². The van der Waals surface area contributed by atoms with Gasteiger partial charge in [0.1, 0.15) is 0 Å². The number of hydrogen-bond acceptors (Lipinski definition) is 3. The first kappa shape index (κ1) is 17.7. The fourth-order valence-electron chi connectivity index (χ4n) is 2.74. The first-order valence-corrected chi connectivity index (χ1v) is 8.13. The molecule has 0 radical (unpaired) electrons. The van der Waals surface area contributed by atoms with E-state index in [4.69, 9.17) is 4.74 Å². The zero-order valence-corrected chi connectivity index (χ0v) is 13.3. The first-order valence-electron chi connectivity index (χ1n) is 8.13. The summed E-state index contributed by atoms with van der Waals surface area (Å²) >= 11 is 0. The highest BCUT2D eigenvalue weighted by Gasteiger charge is 2.35. The molecule has 0 aromatic rings. The Kier molecular flexibility index (Phi) is 8.09. The molecule has 0 saturated heterocycles. The number of ether oxygens (including phenoxy) is 1. The molecule has 0 amide bonds. The van der Waals surface area contributed by atoms with E-state index >= 15 is 0 Å². The summed E-state index contributed by atoms with van der Waals surface area (Å²) in [6.45, 7) is 4.51. The average molecular weight is 296 g/mol. The van der Waals surface area contributed by atoms with Crippen LogP contribution < -0.4 is 0 Å². The molecule has 4 nitrogen and oxygen atoms in total. The lowest BCUT2D eigenvalue weighted by molar-refractivity contribution is -0.156. The molecule has 4 heteroatoms. The van der Waals surface area contributed by atoms with Crippen LogP contribution in [0.25, 0.3) is 0 Å². The van der Waals surface area contributed by atoms with Crippen LogP contribution in [0.4, 0.5) is 0 Å². The average Bonchev–Trinajstić information content (AvgIpc) is 2.46. The molecule has 0 fully saturated rings. The lowest BCUT2D eigenvalue weighted by Crippen LogP contribution is -2.32. The van der Waals surface area contributed by atoms with Gasteiger partial charge in [0.25, 0.3) is 0 Å². The van der Waals surface area contributed by atoms with E-state index in [2.05, 4.69) is 6.92 Å². The van der Waals surface area contributed by atoms with Crippen molar-refractivity contribution in [1.82, 2.24) is 0 Å². The smallest absolute Gasteiger partial charge is 0.311 e. The maximum absolute atomic E-state index is 12.0. The van der Waals surface area contributed by atoms with E-state index < -0.39 is 17.8 Å². The first-order chi connectivity index (χ1) is 10.1. The van der Waals surface area contributed by atoms with Crippen LogP contribution in [0.3, 0.4) is 0 Å². The minimum Gasteiger partial charge on any atom is -0.481 e. The summed E-state index contributed by atoms with van der Waals surface area (Å²) in [6.07, 6.45) is 9.88. The molecule has 120 valence electrons. The molecular formula is C17H28O4. The van der Waals surface area contributed by atoms with Gasteiger partial charge in [-0.25, -0.2) is 0 Å². The van der Waals surface area contributed by atoms with Crippen LogP contribution in [0.15, 0.2) is 11.6 Å². The fourth-order valence-corrected chi connectivity index (χ4v) is 2.74. The van der Waals surface area contributed by atoms with Crippen molar-refractivity contribution in [3.8, 4) is 0 Å². The van der Waals surface area contributed by atoms with Gasteiger partial charge >= 0.3 is 11.9 Å². The Morgan fingerprint density at radius 2 is 1.90 bits per heavy atom. The van der Waals surface area contributed by atoms with Crippen LogP contribution in [0.2, 0.25) is 0 Å². The van der Waals surface area contributed by atoms with Gasteiger partial charge in [-0.05, 0) is 26.2 Å². The topological polar surface area (TPSA) is 63.6 Å². The van der Waals surface area contributed by atoms with Crippen molar-refractivity contribution >= 4 is 11.9 Å². The van der Waals surface area contributed by atoms with Gasteiger partial charge in [-0.2, -0.15) is 0 Å². The van der Waals surface area contributed by atoms with Gasteiger partial charge in [-0.15, -0.1) is 0 Å². The second kappa shape index (κ2) is 9.59. The van der Waals surface area contributed by atoms with Gasteiger partial charge < -0.3 is 9.84 Å². The number of aliphatic carboxylic acids is 1. The lowest BCUT2D eigenvalue weighted by atomic mass is 9.81. The zero-order valence-electron chi connectivity index (χ0n) is 13.3. The van der Waals surface area contributed by atoms with E-state index in [1.165, 1.54) is 25.7 Å². The minimum absolute atomic E-state index is 0.347. The van der Waals surface area contributed by atoms with Crippen LogP contribution in [0.1, 0.15) is 65.2 Å². The third-order valence-electron chi connectivity index (χ3n) is 4.08. The van der Waals surface area contributed by atoms with Crippen LogP contribution in [0.5, 0.6) is 0 Å². The summed E-state index contributed by atoms with van der Waals surface area (Å²) < 4.78 is 5.27. The molecule has 0 aromatic heterocycles. The Labute approximate surface area is 127 Å². The highest BCUT2D eigenvalue weighted by atomic mass is 16.5. The molecule has 1 aliphatic rings. The number of unbranched alkanes of at least 4 members (excludes halogenated alkanes) is 5. The summed E-state index contributed by atoms with van der Waals surface area (Å²) in [5.74, 6) is -2.53. The van der Waals surface area contributed by atoms with Crippen molar-refractivity contribution in [1.29, 1.82) is 0 Å². The van der Waals surface area contributed by atoms with Crippen LogP contribution in [-0.4, -0.2) is 23.7 Å². The third-order valence-corrected chi connectivity index (χ3v) is 4.08. The molecule has 0 heterocycles. The summed E-state index contributed by atoms with van der Waals surface area (Å²) in [6, 6.07) is 0. The molecule has 1 aliphatic carbocycles. The monoisotopic (exact) mass is 296 g/mol. The van der Waals surface area contributed by atoms with Crippen molar-refractivity contribution in [2.75, 3.05) is 6.61 Å². The Bertz CT molecular complexity index is 373. The van der Waals surface area contributed by atoms with E-state index in [0.29, 0.717) is 13.0 Å². The van der Waals surface area contributed by atoms with Crippen molar-refractivity contribution in [3.63, 3.8) is 0 Å². The van der Waals surface area contributed by atoms with Gasteiger partial charge in [0.15, 0.2) is 0 Å². The number of carboxylic acids is 1. The highest BCUT2D eigenvalue weighted by molar-refractivity contribution is 5.83. The highest BCUT2D eigenvalue weighted by Crippen LogP contribution is 2.30. The van der Waals surface area contributed by atoms with Gasteiger partial charge in [0, 0.05) is 0 Å². The van der Waals surface area contributed by atoms with Gasteiger partial charge in [0.05, 0.1) is 18.4 Å². The molecule has 0 spiro atoms. The number of allylic oxidation sites excluding steroid dienone is 1. The Morgan fingerprint density at radius 3 is 2.57 bits per heavy atom. The van der Waals surface area contributed by atoms with Crippen molar-refractivity contribution < 1.29 is 19.4 Å². The van der Waals surface area contributed by atoms with E-state index in [0.717, 1.165) is 24.8 Å². The van der Waals surface area contributed by atoms with Crippen LogP contribution >= 0.6 is 0 Å². The maximum atomic E-state index is 12.0. The number of carboxylic acid groups (broad SMARTS) is 1. The molecule has 0 aromatic carbocycles. The SMILES string of the molecule is CCCCCCCCOC(=O)C1CCC(C)=CC1C(=O)O. The van der Waals surface area contributed by atoms with Gasteiger partial charge in [-0.1, -0.05) is 50.7 Å². The number of carbonyl (C=O) groups is 2. The largest absolute Gasteiger partial charge is 0.481 e. The predicted octanol–water partition coefficient (Wildman–Crippen LogP) is 3.95. The molecule has 2 unspecified atom stereocenters. The molecule has 2 atom stereocenters. The fraction of sp³-hybridized carbons (Fsp3) is 0.765. The van der Waals surface area contributed by atoms with Crippen LogP contribution in [0, 0.1) is 11.8 Å². The minimum atomic E-state index is -0.935. The Morgan fingerprint density at radius 1 is 1.24 bits per heavy atom. The number of esters is 1. The van der Waals surface area contributed by atoms with Crippen molar-refractivity contribution in [2.24, 2.45) is 11.8 Å². The Hall–Kier alpha value is -1.32. The standard InChI is InChI=1S/C17H28O4/c1-3-4-5-6-7-8-11-21-17(20)14-10-9-13(2)12-15(14)16(18)19/h12,14-15H,3-11H2,1-2H3,(H,18,19). The third kappa shape index (κ3) is 6.32. The summed E-state index contributed by atoms with van der Waals surface area (Å²) in [5, 5.41) is 9.22. The molecular weight excluding hydrogens is 268 g/mol. The van der Waals surface area contributed by atoms with E-state index in [-0.39, 0.29) is 5.97 Å². The normalized spacial score (nSPS) is 21.7. The van der Waals surface area contributed by atoms with E-state index in [1.807, 2.05) is 6.92 Å². The van der Waals surface area contributed by atoms with E-state index in [1.54, 1.807) is 6.08 Å². The summed E-state index contributed by atoms with van der Waals surface area (Å²) in [7, 11) is 0. The number of hydrogen-bond donors (Lipinski definition) is 1. The van der Waals surface area contributed by atoms with Gasteiger partial charge in [0.2, 0.25) is 0 Å². The molecule has 21 heavy (non-hydrogen) atoms.